The van der Waals surface area contributed by atoms with E-state index in [4.69, 9.17) is 8.42 Å². The highest BCUT2D eigenvalue weighted by molar-refractivity contribution is 7.51. The van der Waals surface area contributed by atoms with E-state index in [2.05, 4.69) is 18.7 Å². The lowest BCUT2D eigenvalue weighted by atomic mass is 10.0. The van der Waals surface area contributed by atoms with Gasteiger partial charge in [-0.25, -0.2) is 0 Å². The smallest absolute Gasteiger partial charge is 0.303 e. The largest absolute Gasteiger partial charge is 0.335 e. The van der Waals surface area contributed by atoms with E-state index in [0.29, 0.717) is 0 Å². The highest BCUT2D eigenvalue weighted by Gasteiger charge is 2.13. The van der Waals surface area contributed by atoms with Crippen molar-refractivity contribution in [1.82, 2.24) is 4.90 Å². The van der Waals surface area contributed by atoms with Crippen molar-refractivity contribution in [3.63, 3.8) is 0 Å². The SMILES string of the molecule is CCN1CCCC(C)C1.O=S=O. The van der Waals surface area contributed by atoms with E-state index in [1.54, 1.807) is 0 Å². The van der Waals surface area contributed by atoms with Crippen molar-refractivity contribution in [3.05, 3.63) is 0 Å². The minimum Gasteiger partial charge on any atom is -0.303 e. The minimum atomic E-state index is -0.750. The van der Waals surface area contributed by atoms with Gasteiger partial charge in [0.25, 0.3) is 0 Å². The molecule has 1 rings (SSSR count). The third-order valence-electron chi connectivity index (χ3n) is 2.19. The van der Waals surface area contributed by atoms with Crippen LogP contribution in [0, 0.1) is 5.92 Å². The van der Waals surface area contributed by atoms with E-state index in [0.717, 1.165) is 5.92 Å². The first-order chi connectivity index (χ1) is 5.74. The van der Waals surface area contributed by atoms with E-state index in [9.17, 15) is 0 Å². The Kier molecular flexibility index (Phi) is 7.29. The molecule has 1 unspecified atom stereocenters. The molecule has 1 aliphatic heterocycles. The predicted octanol–water partition coefficient (Wildman–Crippen LogP) is 1.07. The summed E-state index contributed by atoms with van der Waals surface area (Å²) in [6, 6.07) is 0. The molecule has 72 valence electrons. The van der Waals surface area contributed by atoms with Crippen LogP contribution in [0.5, 0.6) is 0 Å². The first-order valence-corrected chi connectivity index (χ1v) is 5.05. The fourth-order valence-electron chi connectivity index (χ4n) is 1.57. The maximum absolute atomic E-state index is 8.29. The molecule has 1 atom stereocenters. The van der Waals surface area contributed by atoms with Crippen LogP contribution in [0.4, 0.5) is 0 Å². The van der Waals surface area contributed by atoms with Crippen molar-refractivity contribution < 1.29 is 8.42 Å². The highest BCUT2D eigenvalue weighted by Crippen LogP contribution is 2.14. The first-order valence-electron chi connectivity index (χ1n) is 4.38. The third-order valence-corrected chi connectivity index (χ3v) is 2.19. The summed E-state index contributed by atoms with van der Waals surface area (Å²) in [7, 11) is 0. The molecule has 1 heterocycles. The van der Waals surface area contributed by atoms with Crippen molar-refractivity contribution in [2.75, 3.05) is 19.6 Å². The summed E-state index contributed by atoms with van der Waals surface area (Å²) in [6.07, 6.45) is 2.85. The monoisotopic (exact) mass is 191 g/mol. The van der Waals surface area contributed by atoms with Crippen LogP contribution in [0.1, 0.15) is 26.7 Å². The van der Waals surface area contributed by atoms with Crippen molar-refractivity contribution in [2.24, 2.45) is 5.92 Å². The van der Waals surface area contributed by atoms with Crippen LogP contribution in [0.25, 0.3) is 0 Å². The van der Waals surface area contributed by atoms with Crippen LogP contribution in [0.3, 0.4) is 0 Å². The van der Waals surface area contributed by atoms with E-state index < -0.39 is 11.6 Å². The van der Waals surface area contributed by atoms with Crippen LogP contribution in [-0.4, -0.2) is 33.0 Å². The number of hydrogen-bond acceptors (Lipinski definition) is 3. The molecule has 12 heavy (non-hydrogen) atoms. The average molecular weight is 191 g/mol. The molecule has 1 aliphatic rings. The van der Waals surface area contributed by atoms with Crippen LogP contribution in [0.15, 0.2) is 0 Å². The summed E-state index contributed by atoms with van der Waals surface area (Å²) in [5.41, 5.74) is 0. The molecule has 0 bridgehead atoms. The Morgan fingerprint density at radius 3 is 2.42 bits per heavy atom. The summed E-state index contributed by atoms with van der Waals surface area (Å²) in [5.74, 6) is 0.943. The van der Waals surface area contributed by atoms with Crippen LogP contribution >= 0.6 is 0 Å². The predicted molar refractivity (Wildman–Crippen MR) is 49.4 cm³/mol. The van der Waals surface area contributed by atoms with Gasteiger partial charge in [0, 0.05) is 6.54 Å². The molecule has 0 N–H and O–H groups in total. The van der Waals surface area contributed by atoms with Gasteiger partial charge >= 0.3 is 11.6 Å². The van der Waals surface area contributed by atoms with Gasteiger partial charge in [-0.2, -0.15) is 8.42 Å². The topological polar surface area (TPSA) is 37.4 Å². The standard InChI is InChI=1S/C8H17N.O2S/c1-3-9-6-4-5-8(2)7-9;1-3-2/h8H,3-7H2,1-2H3;. The third kappa shape index (κ3) is 5.43. The van der Waals surface area contributed by atoms with E-state index in [-0.39, 0.29) is 0 Å². The Morgan fingerprint density at radius 1 is 1.50 bits per heavy atom. The Hall–Kier alpha value is -0.220. The van der Waals surface area contributed by atoms with Crippen molar-refractivity contribution >= 4 is 11.6 Å². The van der Waals surface area contributed by atoms with Gasteiger partial charge in [0.1, 0.15) is 0 Å². The second kappa shape index (κ2) is 7.43. The summed E-state index contributed by atoms with van der Waals surface area (Å²) < 4.78 is 16.6. The van der Waals surface area contributed by atoms with Crippen molar-refractivity contribution in [3.8, 4) is 0 Å². The fourth-order valence-corrected chi connectivity index (χ4v) is 1.57. The number of hydrogen-bond donors (Lipinski definition) is 0. The molecule has 0 amide bonds. The Labute approximate surface area is 77.7 Å². The molecule has 0 radical (unpaired) electrons. The second-order valence-corrected chi connectivity index (χ2v) is 3.34. The normalized spacial score (nSPS) is 24.0. The van der Waals surface area contributed by atoms with Crippen LogP contribution < -0.4 is 0 Å². The zero-order chi connectivity index (χ0) is 9.40. The van der Waals surface area contributed by atoms with Gasteiger partial charge in [-0.1, -0.05) is 13.8 Å². The first kappa shape index (κ1) is 11.8. The number of rotatable bonds is 1. The zero-order valence-electron chi connectivity index (χ0n) is 7.78. The van der Waals surface area contributed by atoms with E-state index >= 15 is 0 Å². The van der Waals surface area contributed by atoms with Gasteiger partial charge in [-0.05, 0) is 31.8 Å². The van der Waals surface area contributed by atoms with Gasteiger partial charge in [0.05, 0.1) is 0 Å². The van der Waals surface area contributed by atoms with Gasteiger partial charge in [-0.3, -0.25) is 0 Å². The summed E-state index contributed by atoms with van der Waals surface area (Å²) >= 11 is -0.750. The van der Waals surface area contributed by atoms with E-state index in [1.165, 1.54) is 32.5 Å². The maximum atomic E-state index is 8.29. The molecule has 3 nitrogen and oxygen atoms in total. The van der Waals surface area contributed by atoms with Crippen molar-refractivity contribution in [1.29, 1.82) is 0 Å². The molecule has 4 heteroatoms. The number of nitrogens with zero attached hydrogens (tertiary/aromatic N) is 1. The molecule has 1 saturated heterocycles. The lowest BCUT2D eigenvalue weighted by Crippen LogP contribution is -2.33. The molecule has 0 spiro atoms. The second-order valence-electron chi connectivity index (χ2n) is 3.21. The zero-order valence-corrected chi connectivity index (χ0v) is 8.60. The summed E-state index contributed by atoms with van der Waals surface area (Å²) in [6.45, 7) is 8.50. The number of piperidine rings is 1. The van der Waals surface area contributed by atoms with Crippen LogP contribution in [0.2, 0.25) is 0 Å². The molecule has 0 aromatic rings. The fraction of sp³-hybridized carbons (Fsp3) is 1.00. The lowest BCUT2D eigenvalue weighted by Gasteiger charge is -2.29. The van der Waals surface area contributed by atoms with Gasteiger partial charge in [0.2, 0.25) is 0 Å². The quantitative estimate of drug-likeness (QED) is 0.622. The Balaban J connectivity index is 0.000000354. The number of likely N-dealkylation sites (tertiary alicyclic amines) is 1. The molecular formula is C8H17NO2S. The Bertz CT molecular complexity index is 146. The lowest BCUT2D eigenvalue weighted by molar-refractivity contribution is 0.192. The maximum Gasteiger partial charge on any atom is 0.335 e. The Morgan fingerprint density at radius 2 is 2.08 bits per heavy atom. The van der Waals surface area contributed by atoms with Gasteiger partial charge in [-0.15, -0.1) is 0 Å². The highest BCUT2D eigenvalue weighted by atomic mass is 32.1. The van der Waals surface area contributed by atoms with E-state index in [1.807, 2.05) is 0 Å². The average Bonchev–Trinajstić information content (AvgIpc) is 2.06. The van der Waals surface area contributed by atoms with Gasteiger partial charge < -0.3 is 4.90 Å². The van der Waals surface area contributed by atoms with Crippen molar-refractivity contribution in [2.45, 2.75) is 26.7 Å². The summed E-state index contributed by atoms with van der Waals surface area (Å²) in [5, 5.41) is 0. The minimum absolute atomic E-state index is 0.750. The van der Waals surface area contributed by atoms with Crippen LogP contribution in [-0.2, 0) is 11.6 Å². The summed E-state index contributed by atoms with van der Waals surface area (Å²) in [4.78, 5) is 2.54. The molecule has 0 aromatic carbocycles. The molecule has 0 aromatic heterocycles. The molecule has 1 fully saturated rings. The molecule has 0 aliphatic carbocycles. The molecular weight excluding hydrogens is 174 g/mol. The molecule has 0 saturated carbocycles. The van der Waals surface area contributed by atoms with Gasteiger partial charge in [0.15, 0.2) is 0 Å².